The molecule has 0 saturated heterocycles. The Bertz CT molecular complexity index is 383. The molecule has 1 aliphatic heterocycles. The Kier molecular flexibility index (Phi) is 3.37. The van der Waals surface area contributed by atoms with E-state index in [4.69, 9.17) is 9.47 Å². The van der Waals surface area contributed by atoms with Gasteiger partial charge in [0.1, 0.15) is 6.10 Å². The van der Waals surface area contributed by atoms with E-state index in [0.717, 1.165) is 5.56 Å². The first-order chi connectivity index (χ1) is 7.75. The lowest BCUT2D eigenvalue weighted by atomic mass is 10.2. The van der Waals surface area contributed by atoms with Gasteiger partial charge in [-0.25, -0.2) is 4.79 Å². The van der Waals surface area contributed by atoms with Crippen LogP contribution < -0.4 is 0 Å². The van der Waals surface area contributed by atoms with Crippen molar-refractivity contribution in [1.82, 2.24) is 0 Å². The second-order valence-corrected chi connectivity index (χ2v) is 3.76. The van der Waals surface area contributed by atoms with E-state index in [0.29, 0.717) is 6.61 Å². The summed E-state index contributed by atoms with van der Waals surface area (Å²) >= 11 is 0. The number of ether oxygens (including phenoxy) is 2. The number of hydrogen-bond acceptors (Lipinski definition) is 3. The fourth-order valence-electron chi connectivity index (χ4n) is 1.54. The van der Waals surface area contributed by atoms with E-state index in [9.17, 15) is 4.79 Å². The first-order valence-electron chi connectivity index (χ1n) is 5.30. The van der Waals surface area contributed by atoms with Gasteiger partial charge in [0.25, 0.3) is 0 Å². The maximum absolute atomic E-state index is 10.9. The number of rotatable bonds is 4. The third-order valence-corrected chi connectivity index (χ3v) is 2.49. The highest BCUT2D eigenvalue weighted by atomic mass is 16.6. The fraction of sp³-hybridized carbons (Fsp3) is 0.308. The lowest BCUT2D eigenvalue weighted by molar-refractivity contribution is -0.144. The van der Waals surface area contributed by atoms with Gasteiger partial charge in [-0.15, -0.1) is 0 Å². The molecule has 1 heterocycles. The normalized spacial score (nSPS) is 20.8. The molecule has 0 spiro atoms. The maximum Gasteiger partial charge on any atom is 0.331 e. The summed E-state index contributed by atoms with van der Waals surface area (Å²) in [5.41, 5.74) is 1.11. The third-order valence-electron chi connectivity index (χ3n) is 2.49. The molecule has 1 aromatic carbocycles. The van der Waals surface area contributed by atoms with Gasteiger partial charge in [-0.3, -0.25) is 0 Å². The van der Waals surface area contributed by atoms with Crippen molar-refractivity contribution in [3.05, 3.63) is 48.0 Å². The molecule has 0 aliphatic carbocycles. The summed E-state index contributed by atoms with van der Waals surface area (Å²) in [5, 5.41) is 0. The number of carbonyl (C=O) groups excluding carboxylic acids is 1. The average molecular weight is 218 g/mol. The van der Waals surface area contributed by atoms with Gasteiger partial charge in [0.15, 0.2) is 0 Å². The Morgan fingerprint density at radius 2 is 2.12 bits per heavy atom. The molecule has 3 nitrogen and oxygen atoms in total. The molecule has 3 heteroatoms. The Morgan fingerprint density at radius 3 is 2.75 bits per heavy atom. The summed E-state index contributed by atoms with van der Waals surface area (Å²) in [6.07, 6.45) is 2.80. The van der Waals surface area contributed by atoms with Crippen molar-refractivity contribution in [2.24, 2.45) is 0 Å². The highest BCUT2D eigenvalue weighted by Crippen LogP contribution is 2.13. The second kappa shape index (κ2) is 4.94. The minimum Gasteiger partial charge on any atom is -0.452 e. The van der Waals surface area contributed by atoms with E-state index < -0.39 is 0 Å². The number of esters is 1. The monoisotopic (exact) mass is 218 g/mol. The molecule has 0 aromatic heterocycles. The SMILES string of the molecule is CC(OCc1ccccc1)[C@@H]1C=CC(=O)O1. The summed E-state index contributed by atoms with van der Waals surface area (Å²) in [6.45, 7) is 2.43. The molecular weight excluding hydrogens is 204 g/mol. The summed E-state index contributed by atoms with van der Waals surface area (Å²) < 4.78 is 10.7. The van der Waals surface area contributed by atoms with E-state index in [1.807, 2.05) is 37.3 Å². The Labute approximate surface area is 94.7 Å². The van der Waals surface area contributed by atoms with Crippen LogP contribution in [-0.4, -0.2) is 18.2 Å². The number of carbonyl (C=O) groups is 1. The zero-order chi connectivity index (χ0) is 11.4. The van der Waals surface area contributed by atoms with Crippen molar-refractivity contribution in [3.63, 3.8) is 0 Å². The smallest absolute Gasteiger partial charge is 0.331 e. The van der Waals surface area contributed by atoms with Crippen LogP contribution in [0.1, 0.15) is 12.5 Å². The topological polar surface area (TPSA) is 35.5 Å². The van der Waals surface area contributed by atoms with E-state index in [1.54, 1.807) is 6.08 Å². The molecule has 0 radical (unpaired) electrons. The largest absolute Gasteiger partial charge is 0.452 e. The fourth-order valence-corrected chi connectivity index (χ4v) is 1.54. The van der Waals surface area contributed by atoms with Gasteiger partial charge in [-0.05, 0) is 18.6 Å². The molecule has 1 unspecified atom stereocenters. The lowest BCUT2D eigenvalue weighted by Crippen LogP contribution is -2.25. The molecule has 84 valence electrons. The predicted molar refractivity (Wildman–Crippen MR) is 59.7 cm³/mol. The minimum atomic E-state index is -0.292. The van der Waals surface area contributed by atoms with Crippen LogP contribution in [0.5, 0.6) is 0 Å². The van der Waals surface area contributed by atoms with Crippen molar-refractivity contribution in [2.75, 3.05) is 0 Å². The molecule has 0 fully saturated rings. The highest BCUT2D eigenvalue weighted by molar-refractivity contribution is 5.84. The first-order valence-corrected chi connectivity index (χ1v) is 5.30. The molecule has 0 saturated carbocycles. The van der Waals surface area contributed by atoms with E-state index in [1.165, 1.54) is 6.08 Å². The summed E-state index contributed by atoms with van der Waals surface area (Å²) in [5.74, 6) is -0.292. The van der Waals surface area contributed by atoms with Gasteiger partial charge < -0.3 is 9.47 Å². The van der Waals surface area contributed by atoms with Crippen molar-refractivity contribution in [1.29, 1.82) is 0 Å². The summed E-state index contributed by atoms with van der Waals surface area (Å²) in [4.78, 5) is 10.9. The van der Waals surface area contributed by atoms with Gasteiger partial charge in [-0.2, -0.15) is 0 Å². The van der Waals surface area contributed by atoms with Crippen LogP contribution in [-0.2, 0) is 20.9 Å². The molecule has 1 aliphatic rings. The van der Waals surface area contributed by atoms with Crippen LogP contribution >= 0.6 is 0 Å². The van der Waals surface area contributed by atoms with Crippen molar-refractivity contribution in [3.8, 4) is 0 Å². The summed E-state index contributed by atoms with van der Waals surface area (Å²) in [7, 11) is 0. The van der Waals surface area contributed by atoms with Crippen LogP contribution in [0, 0.1) is 0 Å². The third kappa shape index (κ3) is 2.70. The van der Waals surface area contributed by atoms with Gasteiger partial charge >= 0.3 is 5.97 Å². The highest BCUT2D eigenvalue weighted by Gasteiger charge is 2.23. The number of benzene rings is 1. The lowest BCUT2D eigenvalue weighted by Gasteiger charge is -2.18. The molecule has 0 N–H and O–H groups in total. The quantitative estimate of drug-likeness (QED) is 0.726. The van der Waals surface area contributed by atoms with Crippen LogP contribution in [0.25, 0.3) is 0 Å². The molecule has 2 rings (SSSR count). The zero-order valence-corrected chi connectivity index (χ0v) is 9.13. The van der Waals surface area contributed by atoms with E-state index in [2.05, 4.69) is 0 Å². The van der Waals surface area contributed by atoms with Crippen molar-refractivity contribution >= 4 is 5.97 Å². The van der Waals surface area contributed by atoms with Crippen molar-refractivity contribution in [2.45, 2.75) is 25.7 Å². The summed E-state index contributed by atoms with van der Waals surface area (Å²) in [6, 6.07) is 9.92. The predicted octanol–water partition coefficient (Wildman–Crippen LogP) is 2.07. The average Bonchev–Trinajstić information content (AvgIpc) is 2.74. The van der Waals surface area contributed by atoms with Crippen LogP contribution in [0.2, 0.25) is 0 Å². The Hall–Kier alpha value is -1.61. The Morgan fingerprint density at radius 1 is 1.38 bits per heavy atom. The molecule has 1 aromatic rings. The van der Waals surface area contributed by atoms with Gasteiger partial charge in [0.05, 0.1) is 12.7 Å². The van der Waals surface area contributed by atoms with Crippen LogP contribution in [0.4, 0.5) is 0 Å². The maximum atomic E-state index is 10.9. The van der Waals surface area contributed by atoms with E-state index >= 15 is 0 Å². The van der Waals surface area contributed by atoms with Gasteiger partial charge in [-0.1, -0.05) is 30.3 Å². The number of cyclic esters (lactones) is 1. The van der Waals surface area contributed by atoms with E-state index in [-0.39, 0.29) is 18.2 Å². The first kappa shape index (κ1) is 10.9. The molecular formula is C13H14O3. The van der Waals surface area contributed by atoms with Gasteiger partial charge in [0, 0.05) is 6.08 Å². The molecule has 0 amide bonds. The second-order valence-electron chi connectivity index (χ2n) is 3.76. The number of hydrogen-bond donors (Lipinski definition) is 0. The zero-order valence-electron chi connectivity index (χ0n) is 9.13. The standard InChI is InChI=1S/C13H14O3/c1-10(12-7-8-13(14)16-12)15-9-11-5-3-2-4-6-11/h2-8,10,12H,9H2,1H3/t10?,12-/m0/s1. The van der Waals surface area contributed by atoms with Crippen molar-refractivity contribution < 1.29 is 14.3 Å². The minimum absolute atomic E-state index is 0.122. The van der Waals surface area contributed by atoms with Crippen LogP contribution in [0.15, 0.2) is 42.5 Å². The Balaban J connectivity index is 1.82. The molecule has 16 heavy (non-hydrogen) atoms. The molecule has 0 bridgehead atoms. The van der Waals surface area contributed by atoms with Crippen LogP contribution in [0.3, 0.4) is 0 Å². The molecule has 2 atom stereocenters. The van der Waals surface area contributed by atoms with Gasteiger partial charge in [0.2, 0.25) is 0 Å².